The van der Waals surface area contributed by atoms with Gasteiger partial charge in [0.25, 0.3) is 0 Å². The number of H-pyrrole nitrogens is 1. The van der Waals surface area contributed by atoms with Crippen molar-refractivity contribution in [2.45, 2.75) is 84.1 Å². The molecule has 0 unspecified atom stereocenters. The number of anilines is 1. The second-order valence-electron chi connectivity index (χ2n) is 14.6. The highest BCUT2D eigenvalue weighted by Crippen LogP contribution is 2.40. The van der Waals surface area contributed by atoms with Crippen LogP contribution < -0.4 is 10.0 Å². The van der Waals surface area contributed by atoms with Gasteiger partial charge in [-0.3, -0.25) is 9.52 Å². The molecule has 2 aliphatic heterocycles. The van der Waals surface area contributed by atoms with Gasteiger partial charge in [-0.2, -0.15) is 0 Å². The molecule has 2 bridgehead atoms. The van der Waals surface area contributed by atoms with E-state index >= 15 is 0 Å². The van der Waals surface area contributed by atoms with Crippen molar-refractivity contribution in [1.29, 1.82) is 0 Å². The van der Waals surface area contributed by atoms with E-state index in [-0.39, 0.29) is 11.8 Å². The molecular formula is C38H49N5O3S. The lowest BCUT2D eigenvalue weighted by Crippen LogP contribution is -2.55. The molecule has 9 heteroatoms. The molecule has 8 nitrogen and oxygen atoms in total. The second kappa shape index (κ2) is 13.1. The number of carbonyl (C=O) groups excluding carboxylic acids is 1. The molecule has 3 N–H and O–H groups in total. The normalized spacial score (nSPS) is 18.9. The first kappa shape index (κ1) is 33.2. The third-order valence-electron chi connectivity index (χ3n) is 10.2. The molecule has 2 saturated heterocycles. The molecule has 1 aliphatic carbocycles. The molecule has 1 saturated carbocycles. The van der Waals surface area contributed by atoms with Gasteiger partial charge < -0.3 is 15.2 Å². The van der Waals surface area contributed by atoms with Crippen molar-refractivity contribution >= 4 is 32.7 Å². The molecule has 0 radical (unpaired) electrons. The number of aromatic amines is 1. The minimum Gasteiger partial charge on any atom is -0.339 e. The summed E-state index contributed by atoms with van der Waals surface area (Å²) in [6, 6.07) is 16.7. The Balaban J connectivity index is 1.25. The number of hydrogen-bond donors (Lipinski definition) is 3. The van der Waals surface area contributed by atoms with E-state index in [2.05, 4.69) is 78.8 Å². The van der Waals surface area contributed by atoms with Gasteiger partial charge in [0.1, 0.15) is 5.65 Å². The van der Waals surface area contributed by atoms with Gasteiger partial charge in [-0.05, 0) is 131 Å². The quantitative estimate of drug-likeness (QED) is 0.154. The minimum atomic E-state index is -3.30. The monoisotopic (exact) mass is 655 g/mol. The van der Waals surface area contributed by atoms with Crippen LogP contribution in [0.2, 0.25) is 0 Å². The van der Waals surface area contributed by atoms with Crippen molar-refractivity contribution in [2.24, 2.45) is 5.92 Å². The zero-order valence-corrected chi connectivity index (χ0v) is 29.4. The summed E-state index contributed by atoms with van der Waals surface area (Å²) in [6.45, 7) is 13.1. The van der Waals surface area contributed by atoms with E-state index in [4.69, 9.17) is 4.98 Å². The summed E-state index contributed by atoms with van der Waals surface area (Å²) < 4.78 is 25.6. The Morgan fingerprint density at radius 3 is 2.34 bits per heavy atom. The van der Waals surface area contributed by atoms with E-state index in [9.17, 15) is 13.2 Å². The largest absolute Gasteiger partial charge is 0.339 e. The molecule has 250 valence electrons. The number of nitrogens with one attached hydrogen (secondary N) is 3. The fourth-order valence-corrected chi connectivity index (χ4v) is 8.26. The summed E-state index contributed by atoms with van der Waals surface area (Å²) in [5.41, 5.74) is 8.68. The zero-order chi connectivity index (χ0) is 33.5. The van der Waals surface area contributed by atoms with Gasteiger partial charge >= 0.3 is 0 Å². The number of piperidine rings is 2. The molecule has 7 rings (SSSR count). The highest BCUT2D eigenvalue weighted by atomic mass is 32.2. The number of aryl methyl sites for hydroxylation is 2. The third-order valence-corrected chi connectivity index (χ3v) is 10.8. The summed E-state index contributed by atoms with van der Waals surface area (Å²) in [7, 11) is -3.30. The van der Waals surface area contributed by atoms with Crippen LogP contribution in [0.4, 0.5) is 5.69 Å². The fraction of sp³-hybridized carbons (Fsp3) is 0.474. The number of carbonyl (C=O) groups is 1. The van der Waals surface area contributed by atoms with Crippen molar-refractivity contribution in [3.8, 4) is 11.3 Å². The van der Waals surface area contributed by atoms with Crippen molar-refractivity contribution in [1.82, 2.24) is 20.2 Å². The van der Waals surface area contributed by atoms with Gasteiger partial charge in [-0.1, -0.05) is 36.2 Å². The number of sulfonamides is 1. The Kier molecular flexibility index (Phi) is 9.24. The molecule has 3 aliphatic rings. The predicted molar refractivity (Wildman–Crippen MR) is 191 cm³/mol. The lowest BCUT2D eigenvalue weighted by atomic mass is 9.76. The number of benzene rings is 2. The van der Waals surface area contributed by atoms with E-state index in [1.165, 1.54) is 29.5 Å². The zero-order valence-electron chi connectivity index (χ0n) is 28.6. The van der Waals surface area contributed by atoms with Crippen LogP contribution in [0, 0.1) is 19.8 Å². The molecule has 4 heterocycles. The number of aromatic nitrogens is 2. The summed E-state index contributed by atoms with van der Waals surface area (Å²) >= 11 is 0. The summed E-state index contributed by atoms with van der Waals surface area (Å²) in [5.74, 6) is 1.02. The predicted octanol–water partition coefficient (Wildman–Crippen LogP) is 6.83. The molecular weight excluding hydrogens is 607 g/mol. The molecule has 3 fully saturated rings. The molecule has 1 amide bonds. The highest BCUT2D eigenvalue weighted by molar-refractivity contribution is 7.92. The lowest BCUT2D eigenvalue weighted by Gasteiger charge is -2.47. The van der Waals surface area contributed by atoms with Crippen LogP contribution in [0.3, 0.4) is 0 Å². The van der Waals surface area contributed by atoms with Crippen LogP contribution in [0.5, 0.6) is 0 Å². The maximum absolute atomic E-state index is 14.1. The van der Waals surface area contributed by atoms with Crippen LogP contribution >= 0.6 is 0 Å². The molecule has 2 aromatic carbocycles. The molecule has 1 atom stereocenters. The number of hydrogen-bond acceptors (Lipinski definition) is 5. The third kappa shape index (κ3) is 7.26. The second-order valence-corrected chi connectivity index (χ2v) is 16.3. The van der Waals surface area contributed by atoms with Crippen LogP contribution in [-0.4, -0.2) is 61.1 Å². The number of pyridine rings is 1. The van der Waals surface area contributed by atoms with Gasteiger partial charge in [-0.25, -0.2) is 13.4 Å². The maximum Gasteiger partial charge on any atom is 0.232 e. The van der Waals surface area contributed by atoms with Crippen molar-refractivity contribution < 1.29 is 13.2 Å². The van der Waals surface area contributed by atoms with Crippen molar-refractivity contribution in [3.05, 3.63) is 82.5 Å². The first-order valence-corrected chi connectivity index (χ1v) is 18.9. The SMILES string of the molecule is Cc1cc(C)cc(-c2[nH]c3ncc(C(C)(C)C(=O)N4CC5CCC4CC5)cc3c2[C@H](C)CNCCc2ccc(NS(C)(=O)=O)cc2)c1. The summed E-state index contributed by atoms with van der Waals surface area (Å²) in [6.07, 6.45) is 8.62. The Labute approximate surface area is 279 Å². The summed E-state index contributed by atoms with van der Waals surface area (Å²) in [5, 5.41) is 4.73. The van der Waals surface area contributed by atoms with Crippen LogP contribution in [-0.2, 0) is 26.7 Å². The van der Waals surface area contributed by atoms with Gasteiger partial charge in [-0.15, -0.1) is 0 Å². The average Bonchev–Trinajstić information content (AvgIpc) is 3.42. The van der Waals surface area contributed by atoms with E-state index in [1.807, 2.05) is 18.3 Å². The van der Waals surface area contributed by atoms with Crippen molar-refractivity contribution in [2.75, 3.05) is 30.6 Å². The van der Waals surface area contributed by atoms with E-state index < -0.39 is 15.4 Å². The number of amides is 1. The van der Waals surface area contributed by atoms with Gasteiger partial charge in [0.05, 0.1) is 17.4 Å². The lowest BCUT2D eigenvalue weighted by molar-refractivity contribution is -0.144. The van der Waals surface area contributed by atoms with Gasteiger partial charge in [0.2, 0.25) is 15.9 Å². The highest BCUT2D eigenvalue weighted by Gasteiger charge is 2.42. The summed E-state index contributed by atoms with van der Waals surface area (Å²) in [4.78, 5) is 24.9. The molecule has 0 spiro atoms. The first-order valence-electron chi connectivity index (χ1n) is 17.0. The van der Waals surface area contributed by atoms with E-state index in [0.717, 1.165) is 78.6 Å². The topological polar surface area (TPSA) is 107 Å². The Morgan fingerprint density at radius 1 is 1.04 bits per heavy atom. The van der Waals surface area contributed by atoms with E-state index in [1.54, 1.807) is 12.1 Å². The number of nitrogens with zero attached hydrogens (tertiary/aromatic N) is 2. The Morgan fingerprint density at radius 2 is 1.72 bits per heavy atom. The smallest absolute Gasteiger partial charge is 0.232 e. The standard InChI is InChI=1S/C38H49N5O3S/c1-24-17-25(2)19-29(18-24)35-34(26(3)21-39-16-15-27-7-11-31(12-8-27)42-47(6,45)46)33-20-30(22-40-36(33)41-35)38(4,5)37(44)43-23-28-9-13-32(43)14-10-28/h7-8,11-12,17-20,22,26,28,32,39,42H,9-10,13-16,21,23H2,1-6H3,(H,40,41)/t26-,28?,32?/m1/s1. The van der Waals surface area contributed by atoms with Crippen molar-refractivity contribution in [3.63, 3.8) is 0 Å². The van der Waals surface area contributed by atoms with E-state index in [0.29, 0.717) is 17.6 Å². The molecule has 4 aromatic rings. The number of fused-ring (bicyclic) bond motifs is 4. The average molecular weight is 656 g/mol. The van der Waals surface area contributed by atoms with Gasteiger partial charge in [0.15, 0.2) is 0 Å². The Hall–Kier alpha value is -3.69. The van der Waals surface area contributed by atoms with Gasteiger partial charge in [0, 0.05) is 36.4 Å². The van der Waals surface area contributed by atoms with Crippen LogP contribution in [0.25, 0.3) is 22.3 Å². The first-order chi connectivity index (χ1) is 22.3. The molecule has 2 aromatic heterocycles. The maximum atomic E-state index is 14.1. The Bertz CT molecular complexity index is 1850. The minimum absolute atomic E-state index is 0.162. The fourth-order valence-electron chi connectivity index (χ4n) is 7.69. The molecule has 47 heavy (non-hydrogen) atoms. The number of rotatable bonds is 11. The van der Waals surface area contributed by atoms with Crippen LogP contribution in [0.1, 0.15) is 80.2 Å². The van der Waals surface area contributed by atoms with Crippen LogP contribution in [0.15, 0.2) is 54.7 Å².